The fourth-order valence-corrected chi connectivity index (χ4v) is 1.43. The summed E-state index contributed by atoms with van der Waals surface area (Å²) in [5, 5.41) is 0. The predicted octanol–water partition coefficient (Wildman–Crippen LogP) is 1.42. The van der Waals surface area contributed by atoms with Crippen molar-refractivity contribution in [3.63, 3.8) is 0 Å². The molecular weight excluding hydrogens is 330 g/mol. The normalized spacial score (nSPS) is 13.4. The Bertz CT molecular complexity index is 516. The lowest BCUT2D eigenvalue weighted by Gasteiger charge is -2.32. The molecule has 0 amide bonds. The molecule has 0 saturated carbocycles. The molecule has 0 fully saturated rings. The molecule has 7 nitrogen and oxygen atoms in total. The average molecular weight is 350 g/mol. The molecule has 24 heavy (non-hydrogen) atoms. The molecule has 0 aromatic rings. The lowest BCUT2D eigenvalue weighted by atomic mass is 9.97. The van der Waals surface area contributed by atoms with E-state index < -0.39 is 29.4 Å². The monoisotopic (exact) mass is 350 g/mol. The second-order valence-electron chi connectivity index (χ2n) is 4.62. The molecule has 0 rings (SSSR count). The van der Waals surface area contributed by atoms with Crippen molar-refractivity contribution in [3.8, 4) is 0 Å². The zero-order chi connectivity index (χ0) is 19.0. The second kappa shape index (κ2) is 9.11. The van der Waals surface area contributed by atoms with Crippen molar-refractivity contribution in [1.29, 1.82) is 0 Å². The quantitative estimate of drug-likeness (QED) is 0.194. The lowest BCUT2D eigenvalue weighted by Crippen LogP contribution is -2.60. The van der Waals surface area contributed by atoms with Crippen LogP contribution in [0, 0.1) is 0 Å². The minimum absolute atomic E-state index is 0.0829. The van der Waals surface area contributed by atoms with Gasteiger partial charge in [0.1, 0.15) is 0 Å². The summed E-state index contributed by atoms with van der Waals surface area (Å²) in [6, 6.07) is 0. The van der Waals surface area contributed by atoms with Gasteiger partial charge in [-0.25, -0.2) is 14.4 Å². The summed E-state index contributed by atoms with van der Waals surface area (Å²) in [4.78, 5) is 35.1. The lowest BCUT2D eigenvalue weighted by molar-refractivity contribution is -0.228. The third-order valence-corrected chi connectivity index (χ3v) is 2.80. The molecule has 0 aliphatic carbocycles. The molecule has 0 bridgehead atoms. The Morgan fingerprint density at radius 2 is 1.79 bits per heavy atom. The zero-order valence-corrected chi connectivity index (χ0v) is 13.7. The second-order valence-corrected chi connectivity index (χ2v) is 4.62. The Hall–Kier alpha value is -2.29. The van der Waals surface area contributed by atoms with Gasteiger partial charge in [-0.05, 0) is 13.8 Å². The average Bonchev–Trinajstić information content (AvgIpc) is 2.53. The zero-order valence-electron chi connectivity index (χ0n) is 13.7. The van der Waals surface area contributed by atoms with Crippen LogP contribution in [0.25, 0.3) is 0 Å². The van der Waals surface area contributed by atoms with E-state index in [0.29, 0.717) is 6.92 Å². The van der Waals surface area contributed by atoms with Crippen LogP contribution in [-0.4, -0.2) is 56.4 Å². The number of ether oxygens (including phenoxy) is 4. The Morgan fingerprint density at radius 3 is 2.25 bits per heavy atom. The van der Waals surface area contributed by atoms with Crippen LogP contribution in [-0.2, 0) is 33.3 Å². The van der Waals surface area contributed by atoms with Crippen molar-refractivity contribution in [2.75, 3.05) is 26.9 Å². The van der Waals surface area contributed by atoms with Crippen LogP contribution in [0.3, 0.4) is 0 Å². The van der Waals surface area contributed by atoms with Crippen LogP contribution in [0.2, 0.25) is 0 Å². The highest BCUT2D eigenvalue weighted by Gasteiger charge is 2.66. The number of halogens is 2. The van der Waals surface area contributed by atoms with Gasteiger partial charge in [-0.2, -0.15) is 8.78 Å². The maximum Gasteiger partial charge on any atom is 0.391 e. The van der Waals surface area contributed by atoms with E-state index in [2.05, 4.69) is 27.4 Å². The molecule has 9 heteroatoms. The summed E-state index contributed by atoms with van der Waals surface area (Å²) < 4.78 is 46.5. The maximum atomic E-state index is 14.3. The number of methoxy groups -OCH3 is 1. The van der Waals surface area contributed by atoms with Gasteiger partial charge >= 0.3 is 23.8 Å². The first kappa shape index (κ1) is 21.7. The summed E-state index contributed by atoms with van der Waals surface area (Å²) in [6.07, 6.45) is 1.39. The molecule has 1 unspecified atom stereocenters. The van der Waals surface area contributed by atoms with E-state index in [4.69, 9.17) is 4.74 Å². The first-order valence-electron chi connectivity index (χ1n) is 6.81. The third kappa shape index (κ3) is 4.85. The standard InChI is InChI=1S/C15H20F2O7/c1-6-8-22-9-10(3)11(18)24-14(4,12(19)21-5)15(16,17)13(20)23-7-2/h6H,1,3,7-9H2,2,4-5H3. The smallest absolute Gasteiger partial charge is 0.391 e. The van der Waals surface area contributed by atoms with E-state index in [1.165, 1.54) is 13.0 Å². The summed E-state index contributed by atoms with van der Waals surface area (Å²) in [5.41, 5.74) is -3.57. The summed E-state index contributed by atoms with van der Waals surface area (Å²) in [7, 11) is 0.803. The fraction of sp³-hybridized carbons (Fsp3) is 0.533. The number of alkyl halides is 2. The highest BCUT2D eigenvalue weighted by atomic mass is 19.3. The van der Waals surface area contributed by atoms with Gasteiger partial charge in [0.15, 0.2) is 0 Å². The summed E-state index contributed by atoms with van der Waals surface area (Å²) >= 11 is 0. The molecule has 1 atom stereocenters. The van der Waals surface area contributed by atoms with E-state index >= 15 is 0 Å². The van der Waals surface area contributed by atoms with E-state index in [0.717, 1.165) is 7.11 Å². The Morgan fingerprint density at radius 1 is 1.21 bits per heavy atom. The van der Waals surface area contributed by atoms with E-state index in [-0.39, 0.29) is 25.4 Å². The van der Waals surface area contributed by atoms with Gasteiger partial charge in [0, 0.05) is 0 Å². The van der Waals surface area contributed by atoms with Gasteiger partial charge in [-0.15, -0.1) is 6.58 Å². The first-order valence-corrected chi connectivity index (χ1v) is 6.81. The van der Waals surface area contributed by atoms with E-state index in [1.54, 1.807) is 0 Å². The first-order chi connectivity index (χ1) is 11.1. The van der Waals surface area contributed by atoms with Crippen LogP contribution in [0.5, 0.6) is 0 Å². The van der Waals surface area contributed by atoms with E-state index in [9.17, 15) is 23.2 Å². The molecule has 0 saturated heterocycles. The van der Waals surface area contributed by atoms with Gasteiger partial charge < -0.3 is 18.9 Å². The van der Waals surface area contributed by atoms with Gasteiger partial charge in [0.05, 0.1) is 32.5 Å². The SMILES string of the molecule is C=CCOCC(=C)C(=O)OC(C)(C(=O)OC)C(F)(F)C(=O)OCC. The number of hydrogen-bond acceptors (Lipinski definition) is 7. The maximum absolute atomic E-state index is 14.3. The highest BCUT2D eigenvalue weighted by Crippen LogP contribution is 2.35. The topological polar surface area (TPSA) is 88.1 Å². The number of carbonyl (C=O) groups is 3. The molecule has 0 N–H and O–H groups in total. The van der Waals surface area contributed by atoms with Crippen molar-refractivity contribution in [2.24, 2.45) is 0 Å². The molecule has 136 valence electrons. The van der Waals surface area contributed by atoms with Crippen molar-refractivity contribution < 1.29 is 42.1 Å². The summed E-state index contributed by atoms with van der Waals surface area (Å²) in [5.74, 6) is -9.49. The molecule has 0 aromatic carbocycles. The minimum Gasteiger partial charge on any atom is -0.466 e. The molecule has 0 spiro atoms. The molecule has 0 heterocycles. The minimum atomic E-state index is -4.48. The number of esters is 3. The van der Waals surface area contributed by atoms with Gasteiger partial charge in [0.25, 0.3) is 5.60 Å². The molecule has 0 aliphatic rings. The van der Waals surface area contributed by atoms with Gasteiger partial charge in [0.2, 0.25) is 0 Å². The Balaban J connectivity index is 5.43. The Labute approximate surface area is 138 Å². The van der Waals surface area contributed by atoms with Gasteiger partial charge in [-0.1, -0.05) is 12.7 Å². The number of carbonyl (C=O) groups excluding carboxylic acids is 3. The van der Waals surface area contributed by atoms with Crippen LogP contribution in [0.15, 0.2) is 24.8 Å². The van der Waals surface area contributed by atoms with Crippen LogP contribution < -0.4 is 0 Å². The van der Waals surface area contributed by atoms with Crippen molar-refractivity contribution in [3.05, 3.63) is 24.8 Å². The van der Waals surface area contributed by atoms with Crippen molar-refractivity contribution in [2.45, 2.75) is 25.4 Å². The van der Waals surface area contributed by atoms with Crippen LogP contribution in [0.4, 0.5) is 8.78 Å². The molecule has 0 aromatic heterocycles. The fourth-order valence-electron chi connectivity index (χ4n) is 1.43. The van der Waals surface area contributed by atoms with Crippen LogP contribution >= 0.6 is 0 Å². The van der Waals surface area contributed by atoms with Crippen molar-refractivity contribution >= 4 is 17.9 Å². The largest absolute Gasteiger partial charge is 0.466 e. The highest BCUT2D eigenvalue weighted by molar-refractivity contribution is 5.96. The molecule has 0 aliphatic heterocycles. The summed E-state index contributed by atoms with van der Waals surface area (Å²) in [6.45, 7) is 7.92. The van der Waals surface area contributed by atoms with E-state index in [1.807, 2.05) is 0 Å². The van der Waals surface area contributed by atoms with Crippen LogP contribution in [0.1, 0.15) is 13.8 Å². The number of rotatable bonds is 10. The van der Waals surface area contributed by atoms with Gasteiger partial charge in [-0.3, -0.25) is 0 Å². The third-order valence-electron chi connectivity index (χ3n) is 2.80. The number of hydrogen-bond donors (Lipinski definition) is 0. The predicted molar refractivity (Wildman–Crippen MR) is 78.2 cm³/mol. The molecular formula is C15H20F2O7. The Kier molecular flexibility index (Phi) is 8.25. The molecule has 0 radical (unpaired) electrons. The van der Waals surface area contributed by atoms with Crippen molar-refractivity contribution in [1.82, 2.24) is 0 Å².